The monoisotopic (exact) mass is 483 g/mol. The van der Waals surface area contributed by atoms with Gasteiger partial charge in [0.1, 0.15) is 17.7 Å². The number of fused-ring (bicyclic) bond motifs is 1. The van der Waals surface area contributed by atoms with Gasteiger partial charge in [-0.25, -0.2) is 4.68 Å². The van der Waals surface area contributed by atoms with Crippen molar-refractivity contribution in [2.75, 3.05) is 18.6 Å². The van der Waals surface area contributed by atoms with Gasteiger partial charge in [0, 0.05) is 17.8 Å². The Bertz CT molecular complexity index is 1260. The fourth-order valence-electron chi connectivity index (χ4n) is 5.20. The molecule has 5 rings (SSSR count). The minimum Gasteiger partial charge on any atom is -0.497 e. The van der Waals surface area contributed by atoms with Crippen LogP contribution in [0.5, 0.6) is 5.75 Å². The summed E-state index contributed by atoms with van der Waals surface area (Å²) >= 11 is 0. The van der Waals surface area contributed by atoms with E-state index in [1.165, 1.54) is 12.0 Å². The van der Waals surface area contributed by atoms with E-state index in [4.69, 9.17) is 4.74 Å². The van der Waals surface area contributed by atoms with E-state index in [-0.39, 0.29) is 24.2 Å². The summed E-state index contributed by atoms with van der Waals surface area (Å²) in [5.74, 6) is -0.0157. The highest BCUT2D eigenvalue weighted by atomic mass is 19.4. The van der Waals surface area contributed by atoms with Gasteiger partial charge >= 0.3 is 6.18 Å². The first-order valence-electron chi connectivity index (χ1n) is 11.5. The minimum atomic E-state index is -4.68. The Morgan fingerprint density at radius 2 is 1.63 bits per heavy atom. The third-order valence-corrected chi connectivity index (χ3v) is 7.08. The van der Waals surface area contributed by atoms with Crippen molar-refractivity contribution in [3.8, 4) is 11.4 Å². The molecule has 1 saturated carbocycles. The van der Waals surface area contributed by atoms with E-state index in [0.717, 1.165) is 42.2 Å². The SMILES string of the molecule is COc1ccc(-n2nc(C(F)(F)F)c3c2C(=O)N(c2ccc(C4(C=O)CCCC4)cc2)CC3)cc1. The van der Waals surface area contributed by atoms with Crippen LogP contribution in [0.3, 0.4) is 0 Å². The molecule has 0 bridgehead atoms. The Hall–Kier alpha value is -3.62. The van der Waals surface area contributed by atoms with Crippen molar-refractivity contribution in [3.63, 3.8) is 0 Å². The molecular weight excluding hydrogens is 459 g/mol. The number of ether oxygens (including phenoxy) is 1. The second-order valence-electron chi connectivity index (χ2n) is 9.02. The second kappa shape index (κ2) is 8.55. The van der Waals surface area contributed by atoms with Gasteiger partial charge in [-0.3, -0.25) is 4.79 Å². The van der Waals surface area contributed by atoms with Crippen LogP contribution in [0.1, 0.15) is 53.0 Å². The number of nitrogens with zero attached hydrogens (tertiary/aromatic N) is 3. The highest BCUT2D eigenvalue weighted by Gasteiger charge is 2.43. The normalized spacial score (nSPS) is 17.4. The largest absolute Gasteiger partial charge is 0.497 e. The molecule has 1 aliphatic heterocycles. The van der Waals surface area contributed by atoms with E-state index in [1.807, 2.05) is 12.1 Å². The van der Waals surface area contributed by atoms with Crippen molar-refractivity contribution < 1.29 is 27.5 Å². The van der Waals surface area contributed by atoms with Gasteiger partial charge in [0.2, 0.25) is 0 Å². The summed E-state index contributed by atoms with van der Waals surface area (Å²) in [6.07, 6.45) is -0.0798. The summed E-state index contributed by atoms with van der Waals surface area (Å²) in [7, 11) is 1.49. The molecule has 0 radical (unpaired) electrons. The summed E-state index contributed by atoms with van der Waals surface area (Å²) in [6.45, 7) is 0.0986. The molecule has 1 aromatic heterocycles. The van der Waals surface area contributed by atoms with Crippen LogP contribution in [0, 0.1) is 0 Å². The molecule has 0 N–H and O–H groups in total. The van der Waals surface area contributed by atoms with Crippen molar-refractivity contribution in [1.82, 2.24) is 9.78 Å². The quantitative estimate of drug-likeness (QED) is 0.473. The smallest absolute Gasteiger partial charge is 0.435 e. The lowest BCUT2D eigenvalue weighted by atomic mass is 9.80. The van der Waals surface area contributed by atoms with Gasteiger partial charge in [0.05, 0.1) is 18.2 Å². The summed E-state index contributed by atoms with van der Waals surface area (Å²) in [5.41, 5.74) is 0.0702. The number of hydrogen-bond donors (Lipinski definition) is 0. The first-order valence-corrected chi connectivity index (χ1v) is 11.5. The van der Waals surface area contributed by atoms with Gasteiger partial charge in [0.25, 0.3) is 5.91 Å². The Morgan fingerprint density at radius 3 is 2.20 bits per heavy atom. The standard InChI is InChI=1S/C26H24F3N3O3/c1-35-20-10-8-19(9-11-20)32-22-21(23(30-32)26(27,28)29)12-15-31(24(22)34)18-6-4-17(5-7-18)25(16-33)13-2-3-14-25/h4-11,16H,2-3,12-15H2,1H3. The lowest BCUT2D eigenvalue weighted by Crippen LogP contribution is -2.39. The molecule has 0 spiro atoms. The van der Waals surface area contributed by atoms with Gasteiger partial charge in [-0.05, 0) is 61.2 Å². The number of rotatable bonds is 5. The molecule has 0 atom stereocenters. The molecule has 9 heteroatoms. The highest BCUT2D eigenvalue weighted by molar-refractivity contribution is 6.07. The topological polar surface area (TPSA) is 64.4 Å². The van der Waals surface area contributed by atoms with Crippen LogP contribution in [0.4, 0.5) is 18.9 Å². The molecule has 3 aromatic rings. The third-order valence-electron chi connectivity index (χ3n) is 7.08. The fourth-order valence-corrected chi connectivity index (χ4v) is 5.20. The molecular formula is C26H24F3N3O3. The van der Waals surface area contributed by atoms with Gasteiger partial charge in [0.15, 0.2) is 5.69 Å². The lowest BCUT2D eigenvalue weighted by Gasteiger charge is -2.29. The van der Waals surface area contributed by atoms with Crippen molar-refractivity contribution in [3.05, 3.63) is 71.0 Å². The molecule has 2 aliphatic rings. The number of anilines is 1. The summed E-state index contributed by atoms with van der Waals surface area (Å²) in [6, 6.07) is 13.6. The number of aldehydes is 1. The minimum absolute atomic E-state index is 0.0199. The maximum Gasteiger partial charge on any atom is 0.435 e. The third kappa shape index (κ3) is 3.88. The van der Waals surface area contributed by atoms with E-state index in [1.54, 1.807) is 36.4 Å². The number of benzene rings is 2. The number of carbonyl (C=O) groups is 2. The second-order valence-corrected chi connectivity index (χ2v) is 9.02. The number of aromatic nitrogens is 2. The zero-order chi connectivity index (χ0) is 24.8. The van der Waals surface area contributed by atoms with Crippen LogP contribution in [0.2, 0.25) is 0 Å². The number of alkyl halides is 3. The number of methoxy groups -OCH3 is 1. The number of hydrogen-bond acceptors (Lipinski definition) is 4. The van der Waals surface area contributed by atoms with Crippen LogP contribution in [0.25, 0.3) is 5.69 Å². The van der Waals surface area contributed by atoms with Gasteiger partial charge in [-0.1, -0.05) is 25.0 Å². The first kappa shape index (κ1) is 23.1. The van der Waals surface area contributed by atoms with Crippen LogP contribution < -0.4 is 9.64 Å². The number of carbonyl (C=O) groups excluding carboxylic acids is 2. The van der Waals surface area contributed by atoms with Crippen LogP contribution in [0.15, 0.2) is 48.5 Å². The Balaban J connectivity index is 1.53. The van der Waals surface area contributed by atoms with Crippen molar-refractivity contribution in [1.29, 1.82) is 0 Å². The zero-order valence-corrected chi connectivity index (χ0v) is 19.1. The molecule has 6 nitrogen and oxygen atoms in total. The lowest BCUT2D eigenvalue weighted by molar-refractivity contribution is -0.142. The summed E-state index contributed by atoms with van der Waals surface area (Å²) in [4.78, 5) is 26.8. The van der Waals surface area contributed by atoms with Crippen molar-refractivity contribution in [2.45, 2.75) is 43.7 Å². The van der Waals surface area contributed by atoms with Gasteiger partial charge < -0.3 is 14.4 Å². The molecule has 35 heavy (non-hydrogen) atoms. The number of amides is 1. The van der Waals surface area contributed by atoms with Gasteiger partial charge in [-0.2, -0.15) is 18.3 Å². The maximum atomic E-state index is 13.8. The van der Waals surface area contributed by atoms with E-state index in [9.17, 15) is 22.8 Å². The van der Waals surface area contributed by atoms with E-state index >= 15 is 0 Å². The van der Waals surface area contributed by atoms with Gasteiger partial charge in [-0.15, -0.1) is 0 Å². The zero-order valence-electron chi connectivity index (χ0n) is 19.1. The molecule has 2 aromatic carbocycles. The molecule has 0 saturated heterocycles. The molecule has 2 heterocycles. The Kier molecular flexibility index (Phi) is 5.65. The van der Waals surface area contributed by atoms with Crippen molar-refractivity contribution in [2.24, 2.45) is 0 Å². The summed E-state index contributed by atoms with van der Waals surface area (Å²) in [5, 5.41) is 3.82. The first-order chi connectivity index (χ1) is 16.8. The molecule has 1 amide bonds. The molecule has 0 unspecified atom stereocenters. The van der Waals surface area contributed by atoms with Crippen molar-refractivity contribution >= 4 is 17.9 Å². The van der Waals surface area contributed by atoms with Crippen LogP contribution in [-0.4, -0.2) is 35.6 Å². The molecule has 182 valence electrons. The van der Waals surface area contributed by atoms with Crippen LogP contribution in [-0.2, 0) is 22.8 Å². The Morgan fingerprint density at radius 1 is 1.00 bits per heavy atom. The van der Waals surface area contributed by atoms with E-state index in [2.05, 4.69) is 5.10 Å². The highest BCUT2D eigenvalue weighted by Crippen LogP contribution is 2.41. The summed E-state index contributed by atoms with van der Waals surface area (Å²) < 4.78 is 47.5. The molecule has 1 aliphatic carbocycles. The predicted octanol–water partition coefficient (Wildman–Crippen LogP) is 5.11. The predicted molar refractivity (Wildman–Crippen MR) is 123 cm³/mol. The maximum absolute atomic E-state index is 13.8. The number of halogens is 3. The average molecular weight is 483 g/mol. The van der Waals surface area contributed by atoms with Crippen LogP contribution >= 0.6 is 0 Å². The molecule has 1 fully saturated rings. The van der Waals surface area contributed by atoms with E-state index in [0.29, 0.717) is 17.1 Å². The fraction of sp³-hybridized carbons (Fsp3) is 0.346. The van der Waals surface area contributed by atoms with E-state index < -0.39 is 23.2 Å². The average Bonchev–Trinajstić information content (AvgIpc) is 3.51. The Labute approximate surface area is 200 Å².